The lowest BCUT2D eigenvalue weighted by Gasteiger charge is -2.32. The van der Waals surface area contributed by atoms with Gasteiger partial charge in [0.05, 0.1) is 22.4 Å². The average Bonchev–Trinajstić information content (AvgIpc) is 2.36. The zero-order valence-corrected chi connectivity index (χ0v) is 11.9. The van der Waals surface area contributed by atoms with Crippen LogP contribution in [0.25, 0.3) is 10.9 Å². The highest BCUT2D eigenvalue weighted by molar-refractivity contribution is 7.93. The minimum absolute atomic E-state index is 0.366. The van der Waals surface area contributed by atoms with Gasteiger partial charge in [-0.2, -0.15) is 0 Å². The van der Waals surface area contributed by atoms with E-state index >= 15 is 0 Å². The Morgan fingerprint density at radius 2 is 2.00 bits per heavy atom. The lowest BCUT2D eigenvalue weighted by molar-refractivity contribution is -0.144. The third kappa shape index (κ3) is 2.44. The van der Waals surface area contributed by atoms with Crippen molar-refractivity contribution in [1.82, 2.24) is 4.98 Å². The SMILES string of the molecule is O=C(O)C1CC[C@@H]1S(=O)(=O)Nc1cccc2cccnc12. The molecule has 1 fully saturated rings. The molecule has 0 spiro atoms. The third-order valence-electron chi connectivity index (χ3n) is 3.81. The molecule has 110 valence electrons. The Labute approximate surface area is 121 Å². The van der Waals surface area contributed by atoms with Crippen LogP contribution in [-0.4, -0.2) is 29.7 Å². The van der Waals surface area contributed by atoms with Crippen LogP contribution in [0, 0.1) is 5.92 Å². The standard InChI is InChI=1S/C14H14N2O4S/c17-14(18)10-6-7-12(10)21(19,20)16-11-5-1-3-9-4-2-8-15-13(9)11/h1-5,8,10,12,16H,6-7H2,(H,17,18)/t10?,12-/m0/s1. The number of fused-ring (bicyclic) bond motifs is 1. The molecule has 2 atom stereocenters. The number of rotatable bonds is 4. The van der Waals surface area contributed by atoms with Crippen LogP contribution in [0.4, 0.5) is 5.69 Å². The van der Waals surface area contributed by atoms with Crippen LogP contribution in [0.1, 0.15) is 12.8 Å². The molecule has 7 heteroatoms. The highest BCUT2D eigenvalue weighted by Crippen LogP contribution is 2.35. The number of aliphatic carboxylic acids is 1. The van der Waals surface area contributed by atoms with Crippen molar-refractivity contribution >= 4 is 32.6 Å². The summed E-state index contributed by atoms with van der Waals surface area (Å²) in [4.78, 5) is 15.2. The smallest absolute Gasteiger partial charge is 0.307 e. The van der Waals surface area contributed by atoms with Crippen molar-refractivity contribution in [2.24, 2.45) is 5.92 Å². The van der Waals surface area contributed by atoms with E-state index in [1.807, 2.05) is 12.1 Å². The number of aromatic nitrogens is 1. The molecule has 0 aliphatic heterocycles. The van der Waals surface area contributed by atoms with Gasteiger partial charge in [0.1, 0.15) is 0 Å². The summed E-state index contributed by atoms with van der Waals surface area (Å²) in [5, 5.41) is 8.94. The van der Waals surface area contributed by atoms with E-state index in [0.717, 1.165) is 5.39 Å². The lowest BCUT2D eigenvalue weighted by Crippen LogP contribution is -2.45. The zero-order valence-electron chi connectivity index (χ0n) is 11.1. The van der Waals surface area contributed by atoms with Crippen LogP contribution in [0.15, 0.2) is 36.5 Å². The van der Waals surface area contributed by atoms with E-state index in [4.69, 9.17) is 5.11 Å². The first-order valence-electron chi connectivity index (χ1n) is 6.57. The number of nitrogens with one attached hydrogen (secondary N) is 1. The van der Waals surface area contributed by atoms with E-state index < -0.39 is 27.2 Å². The Balaban J connectivity index is 1.93. The van der Waals surface area contributed by atoms with Gasteiger partial charge in [0.25, 0.3) is 0 Å². The first-order chi connectivity index (χ1) is 9.99. The average molecular weight is 306 g/mol. The van der Waals surface area contributed by atoms with Gasteiger partial charge in [0.2, 0.25) is 10.0 Å². The van der Waals surface area contributed by atoms with Crippen molar-refractivity contribution < 1.29 is 18.3 Å². The summed E-state index contributed by atoms with van der Waals surface area (Å²) in [5.74, 6) is -1.89. The number of hydrogen-bond acceptors (Lipinski definition) is 4. The van der Waals surface area contributed by atoms with Gasteiger partial charge in [-0.25, -0.2) is 8.42 Å². The number of nitrogens with zero attached hydrogens (tertiary/aromatic N) is 1. The fraction of sp³-hybridized carbons (Fsp3) is 0.286. The molecule has 2 N–H and O–H groups in total. The van der Waals surface area contributed by atoms with Crippen LogP contribution in [-0.2, 0) is 14.8 Å². The van der Waals surface area contributed by atoms with Gasteiger partial charge in [0, 0.05) is 11.6 Å². The lowest BCUT2D eigenvalue weighted by atomic mass is 9.85. The number of hydrogen-bond donors (Lipinski definition) is 2. The van der Waals surface area contributed by atoms with Crippen LogP contribution >= 0.6 is 0 Å². The second kappa shape index (κ2) is 5.00. The van der Waals surface area contributed by atoms with Gasteiger partial charge in [0.15, 0.2) is 0 Å². The Morgan fingerprint density at radius 3 is 2.67 bits per heavy atom. The van der Waals surface area contributed by atoms with Gasteiger partial charge in [-0.05, 0) is 25.0 Å². The molecule has 1 aromatic carbocycles. The van der Waals surface area contributed by atoms with Crippen molar-refractivity contribution in [2.45, 2.75) is 18.1 Å². The molecule has 1 aliphatic rings. The van der Waals surface area contributed by atoms with E-state index in [-0.39, 0.29) is 0 Å². The van der Waals surface area contributed by atoms with Crippen LogP contribution < -0.4 is 4.72 Å². The quantitative estimate of drug-likeness (QED) is 0.898. The largest absolute Gasteiger partial charge is 0.481 e. The molecular weight excluding hydrogens is 292 g/mol. The first-order valence-corrected chi connectivity index (χ1v) is 8.12. The van der Waals surface area contributed by atoms with Crippen molar-refractivity contribution in [3.05, 3.63) is 36.5 Å². The molecule has 1 unspecified atom stereocenters. The van der Waals surface area contributed by atoms with Crippen molar-refractivity contribution in [3.8, 4) is 0 Å². The van der Waals surface area contributed by atoms with Crippen molar-refractivity contribution in [2.75, 3.05) is 4.72 Å². The van der Waals surface area contributed by atoms with Crippen LogP contribution in [0.2, 0.25) is 0 Å². The topological polar surface area (TPSA) is 96.4 Å². The van der Waals surface area contributed by atoms with E-state index in [0.29, 0.717) is 24.0 Å². The monoisotopic (exact) mass is 306 g/mol. The predicted octanol–water partition coefficient (Wildman–Crippen LogP) is 1.84. The summed E-state index contributed by atoms with van der Waals surface area (Å²) in [6, 6.07) is 8.80. The highest BCUT2D eigenvalue weighted by Gasteiger charge is 2.45. The second-order valence-corrected chi connectivity index (χ2v) is 6.99. The van der Waals surface area contributed by atoms with Gasteiger partial charge in [-0.3, -0.25) is 14.5 Å². The van der Waals surface area contributed by atoms with Crippen LogP contribution in [0.3, 0.4) is 0 Å². The van der Waals surface area contributed by atoms with Gasteiger partial charge < -0.3 is 5.11 Å². The molecule has 0 bridgehead atoms. The van der Waals surface area contributed by atoms with E-state index in [9.17, 15) is 13.2 Å². The maximum Gasteiger partial charge on any atom is 0.307 e. The Morgan fingerprint density at radius 1 is 1.24 bits per heavy atom. The van der Waals surface area contributed by atoms with Crippen LogP contribution in [0.5, 0.6) is 0 Å². The highest BCUT2D eigenvalue weighted by atomic mass is 32.2. The molecule has 0 saturated heterocycles. The number of sulfonamides is 1. The predicted molar refractivity (Wildman–Crippen MR) is 78.4 cm³/mol. The minimum atomic E-state index is -3.73. The minimum Gasteiger partial charge on any atom is -0.481 e. The fourth-order valence-electron chi connectivity index (χ4n) is 2.54. The molecule has 2 aromatic rings. The Bertz CT molecular complexity index is 798. The first kappa shape index (κ1) is 13.8. The zero-order chi connectivity index (χ0) is 15.0. The maximum absolute atomic E-state index is 12.3. The number of para-hydroxylation sites is 1. The molecule has 1 aliphatic carbocycles. The fourth-order valence-corrected chi connectivity index (χ4v) is 4.29. The number of carbonyl (C=O) groups is 1. The molecule has 1 heterocycles. The number of pyridine rings is 1. The molecule has 1 aromatic heterocycles. The molecule has 6 nitrogen and oxygen atoms in total. The number of anilines is 1. The summed E-state index contributed by atoms with van der Waals surface area (Å²) >= 11 is 0. The van der Waals surface area contributed by atoms with Gasteiger partial charge >= 0.3 is 5.97 Å². The van der Waals surface area contributed by atoms with Crippen molar-refractivity contribution in [1.29, 1.82) is 0 Å². The Kier molecular flexibility index (Phi) is 3.29. The molecule has 21 heavy (non-hydrogen) atoms. The number of carboxylic acids is 1. The van der Waals surface area contributed by atoms with Gasteiger partial charge in [-0.15, -0.1) is 0 Å². The number of carboxylic acid groups (broad SMARTS) is 1. The molecule has 0 radical (unpaired) electrons. The summed E-state index contributed by atoms with van der Waals surface area (Å²) in [6.07, 6.45) is 2.35. The molecular formula is C14H14N2O4S. The summed E-state index contributed by atoms with van der Waals surface area (Å²) < 4.78 is 27.2. The molecule has 1 saturated carbocycles. The van der Waals surface area contributed by atoms with Crippen molar-refractivity contribution in [3.63, 3.8) is 0 Å². The summed E-state index contributed by atoms with van der Waals surface area (Å²) in [7, 11) is -3.73. The maximum atomic E-state index is 12.3. The second-order valence-electron chi connectivity index (χ2n) is 5.09. The summed E-state index contributed by atoms with van der Waals surface area (Å²) in [5.41, 5.74) is 0.930. The molecule has 3 rings (SSSR count). The Hall–Kier alpha value is -2.15. The van der Waals surface area contributed by atoms with E-state index in [1.165, 1.54) is 0 Å². The van der Waals surface area contributed by atoms with E-state index in [1.54, 1.807) is 24.4 Å². The van der Waals surface area contributed by atoms with Gasteiger partial charge in [-0.1, -0.05) is 18.2 Å². The molecule has 0 amide bonds. The van der Waals surface area contributed by atoms with E-state index in [2.05, 4.69) is 9.71 Å². The summed E-state index contributed by atoms with van der Waals surface area (Å²) in [6.45, 7) is 0. The number of benzene rings is 1. The normalized spacial score (nSPS) is 21.7. The third-order valence-corrected chi connectivity index (χ3v) is 5.68.